The number of imide groups is 1. The largest absolute Gasteiger partial charge is 0.325 e. The van der Waals surface area contributed by atoms with Gasteiger partial charge in [-0.25, -0.2) is 4.79 Å². The van der Waals surface area contributed by atoms with Gasteiger partial charge in [-0.2, -0.15) is 5.26 Å². The Morgan fingerprint density at radius 1 is 1.32 bits per heavy atom. The van der Waals surface area contributed by atoms with E-state index in [1.807, 2.05) is 6.92 Å². The molecule has 1 saturated heterocycles. The van der Waals surface area contributed by atoms with E-state index in [0.717, 1.165) is 31.2 Å². The number of carbonyl (C=O) groups excluding carboxylic acids is 2. The summed E-state index contributed by atoms with van der Waals surface area (Å²) >= 11 is 0. The summed E-state index contributed by atoms with van der Waals surface area (Å²) in [7, 11) is 0. The Hall–Kier alpha value is -2.35. The molecule has 1 saturated carbocycles. The molecule has 1 aromatic carbocycles. The molecule has 2 aliphatic rings. The lowest BCUT2D eigenvalue weighted by Gasteiger charge is -2.36. The average molecular weight is 297 g/mol. The Bertz CT molecular complexity index is 647. The first-order valence-corrected chi connectivity index (χ1v) is 7.70. The van der Waals surface area contributed by atoms with E-state index < -0.39 is 5.54 Å². The van der Waals surface area contributed by atoms with E-state index >= 15 is 0 Å². The maximum atomic E-state index is 12.8. The number of hydrogen-bond donors (Lipinski definition) is 1. The van der Waals surface area contributed by atoms with Crippen molar-refractivity contribution in [3.05, 3.63) is 35.4 Å². The van der Waals surface area contributed by atoms with Crippen LogP contribution in [-0.2, 0) is 11.3 Å². The minimum atomic E-state index is -0.706. The number of urea groups is 1. The molecule has 0 radical (unpaired) electrons. The van der Waals surface area contributed by atoms with Crippen LogP contribution in [0, 0.1) is 17.2 Å². The van der Waals surface area contributed by atoms with E-state index in [-0.39, 0.29) is 24.4 Å². The predicted octanol–water partition coefficient (Wildman–Crippen LogP) is 2.56. The van der Waals surface area contributed by atoms with Gasteiger partial charge in [-0.15, -0.1) is 0 Å². The molecule has 2 fully saturated rings. The van der Waals surface area contributed by atoms with Gasteiger partial charge in [-0.3, -0.25) is 9.69 Å². The Kier molecular flexibility index (Phi) is 3.61. The molecule has 1 heterocycles. The minimum absolute atomic E-state index is 0.103. The Morgan fingerprint density at radius 3 is 2.68 bits per heavy atom. The Labute approximate surface area is 129 Å². The van der Waals surface area contributed by atoms with Crippen LogP contribution in [0.1, 0.15) is 43.7 Å². The monoisotopic (exact) mass is 297 g/mol. The van der Waals surface area contributed by atoms with Crippen molar-refractivity contribution in [3.8, 4) is 6.07 Å². The molecule has 0 aromatic heterocycles. The fraction of sp³-hybridized carbons (Fsp3) is 0.471. The second-order valence-electron chi connectivity index (χ2n) is 6.25. The summed E-state index contributed by atoms with van der Waals surface area (Å²) in [6, 6.07) is 8.73. The molecule has 2 atom stereocenters. The van der Waals surface area contributed by atoms with Crippen molar-refractivity contribution < 1.29 is 9.59 Å². The van der Waals surface area contributed by atoms with Crippen molar-refractivity contribution in [1.29, 1.82) is 5.26 Å². The summed E-state index contributed by atoms with van der Waals surface area (Å²) in [5, 5.41) is 11.8. The lowest BCUT2D eigenvalue weighted by atomic mass is 9.73. The molecule has 1 N–H and O–H groups in total. The van der Waals surface area contributed by atoms with Crippen LogP contribution in [-0.4, -0.2) is 22.4 Å². The van der Waals surface area contributed by atoms with Crippen molar-refractivity contribution in [3.63, 3.8) is 0 Å². The molecule has 1 aliphatic carbocycles. The van der Waals surface area contributed by atoms with E-state index in [1.54, 1.807) is 24.3 Å². The van der Waals surface area contributed by atoms with Crippen LogP contribution in [0.3, 0.4) is 0 Å². The summed E-state index contributed by atoms with van der Waals surface area (Å²) in [6.07, 6.45) is 3.78. The van der Waals surface area contributed by atoms with Crippen LogP contribution < -0.4 is 5.32 Å². The number of benzene rings is 1. The molecule has 114 valence electrons. The molecule has 3 amide bonds. The third-order valence-corrected chi connectivity index (χ3v) is 4.93. The van der Waals surface area contributed by atoms with Crippen LogP contribution in [0.25, 0.3) is 0 Å². The molecule has 3 rings (SSSR count). The second-order valence-corrected chi connectivity index (χ2v) is 6.25. The lowest BCUT2D eigenvalue weighted by molar-refractivity contribution is -0.134. The van der Waals surface area contributed by atoms with E-state index in [2.05, 4.69) is 11.4 Å². The van der Waals surface area contributed by atoms with Gasteiger partial charge in [0.2, 0.25) is 0 Å². The normalized spacial score (nSPS) is 27.8. The smallest absolute Gasteiger partial charge is 0.323 e. The number of carbonyl (C=O) groups is 2. The number of rotatable bonds is 2. The quantitative estimate of drug-likeness (QED) is 0.853. The molecule has 0 bridgehead atoms. The maximum Gasteiger partial charge on any atom is 0.325 e. The van der Waals surface area contributed by atoms with Crippen molar-refractivity contribution in [1.82, 2.24) is 10.2 Å². The highest BCUT2D eigenvalue weighted by molar-refractivity contribution is 6.07. The van der Waals surface area contributed by atoms with Crippen molar-refractivity contribution in [2.24, 2.45) is 5.92 Å². The zero-order valence-electron chi connectivity index (χ0n) is 12.6. The molecular weight excluding hydrogens is 278 g/mol. The van der Waals surface area contributed by atoms with E-state index in [4.69, 9.17) is 5.26 Å². The molecule has 22 heavy (non-hydrogen) atoms. The average Bonchev–Trinajstić information content (AvgIpc) is 2.76. The Balaban J connectivity index is 1.81. The first kappa shape index (κ1) is 14.6. The fourth-order valence-electron chi connectivity index (χ4n) is 3.51. The van der Waals surface area contributed by atoms with Gasteiger partial charge < -0.3 is 5.32 Å². The van der Waals surface area contributed by atoms with E-state index in [9.17, 15) is 9.59 Å². The van der Waals surface area contributed by atoms with Gasteiger partial charge in [0.1, 0.15) is 5.54 Å². The molecule has 0 unspecified atom stereocenters. The van der Waals surface area contributed by atoms with Crippen LogP contribution in [0.15, 0.2) is 24.3 Å². The third-order valence-electron chi connectivity index (χ3n) is 4.93. The summed E-state index contributed by atoms with van der Waals surface area (Å²) in [5.41, 5.74) is 0.711. The van der Waals surface area contributed by atoms with Crippen LogP contribution in [0.5, 0.6) is 0 Å². The number of amides is 3. The third kappa shape index (κ3) is 2.25. The fourth-order valence-corrected chi connectivity index (χ4v) is 3.51. The van der Waals surface area contributed by atoms with Crippen LogP contribution in [0.2, 0.25) is 0 Å². The second kappa shape index (κ2) is 5.45. The molecule has 1 spiro atoms. The lowest BCUT2D eigenvalue weighted by Crippen LogP contribution is -2.53. The Morgan fingerprint density at radius 2 is 2.05 bits per heavy atom. The zero-order chi connectivity index (χ0) is 15.7. The number of hydrogen-bond acceptors (Lipinski definition) is 3. The van der Waals surface area contributed by atoms with Gasteiger partial charge in [0, 0.05) is 0 Å². The van der Waals surface area contributed by atoms with Crippen LogP contribution >= 0.6 is 0 Å². The topological polar surface area (TPSA) is 73.2 Å². The predicted molar refractivity (Wildman–Crippen MR) is 80.6 cm³/mol. The van der Waals surface area contributed by atoms with Gasteiger partial charge in [0.15, 0.2) is 0 Å². The van der Waals surface area contributed by atoms with Crippen molar-refractivity contribution in [2.45, 2.75) is 44.7 Å². The molecule has 5 nitrogen and oxygen atoms in total. The molecule has 1 aliphatic heterocycles. The first-order valence-electron chi connectivity index (χ1n) is 7.70. The van der Waals surface area contributed by atoms with E-state index in [1.165, 1.54) is 4.90 Å². The molecular formula is C17H19N3O2. The highest BCUT2D eigenvalue weighted by atomic mass is 16.2. The standard InChI is InChI=1S/C17H19N3O2/c1-12-4-2-3-9-17(12)15(21)20(16(22)19-17)11-14-7-5-13(10-18)6-8-14/h5-8,12H,2-4,9,11H2,1H3,(H,19,22)/t12-,17-/m0/s1. The van der Waals surface area contributed by atoms with Crippen molar-refractivity contribution in [2.75, 3.05) is 0 Å². The van der Waals surface area contributed by atoms with Crippen LogP contribution in [0.4, 0.5) is 4.79 Å². The van der Waals surface area contributed by atoms with Gasteiger partial charge >= 0.3 is 6.03 Å². The first-order chi connectivity index (χ1) is 10.6. The SMILES string of the molecule is C[C@H]1CCCC[C@]12NC(=O)N(Cc1ccc(C#N)cc1)C2=O. The summed E-state index contributed by atoms with van der Waals surface area (Å²) in [5.74, 6) is 0.0673. The van der Waals surface area contributed by atoms with Gasteiger partial charge in [0.05, 0.1) is 18.2 Å². The molecule has 1 aromatic rings. The highest BCUT2D eigenvalue weighted by Crippen LogP contribution is 2.38. The van der Waals surface area contributed by atoms with Crippen molar-refractivity contribution >= 4 is 11.9 Å². The number of nitrogens with zero attached hydrogens (tertiary/aromatic N) is 2. The van der Waals surface area contributed by atoms with Gasteiger partial charge in [-0.05, 0) is 36.5 Å². The zero-order valence-corrected chi connectivity index (χ0v) is 12.6. The minimum Gasteiger partial charge on any atom is -0.323 e. The van der Waals surface area contributed by atoms with Gasteiger partial charge in [0.25, 0.3) is 5.91 Å². The van der Waals surface area contributed by atoms with E-state index in [0.29, 0.717) is 5.56 Å². The summed E-state index contributed by atoms with van der Waals surface area (Å²) in [4.78, 5) is 26.4. The number of nitriles is 1. The summed E-state index contributed by atoms with van der Waals surface area (Å²) < 4.78 is 0. The summed E-state index contributed by atoms with van der Waals surface area (Å²) in [6.45, 7) is 2.30. The van der Waals surface area contributed by atoms with Gasteiger partial charge in [-0.1, -0.05) is 31.9 Å². The maximum absolute atomic E-state index is 12.8. The highest BCUT2D eigenvalue weighted by Gasteiger charge is 2.54. The molecule has 5 heteroatoms. The number of nitrogens with one attached hydrogen (secondary N) is 1.